The Morgan fingerprint density at radius 3 is 3.08 bits per heavy atom. The molecule has 2 heterocycles. The maximum Gasteiger partial charge on any atom is 0.185 e. The van der Waals surface area contributed by atoms with Crippen LogP contribution in [0, 0.1) is 0 Å². The lowest BCUT2D eigenvalue weighted by molar-refractivity contribution is 0.111. The number of imidazole rings is 1. The molecule has 0 amide bonds. The molecule has 66 valence electrons. The van der Waals surface area contributed by atoms with E-state index in [4.69, 9.17) is 0 Å². The summed E-state index contributed by atoms with van der Waals surface area (Å²) in [5.74, 6) is 0.440. The quantitative estimate of drug-likeness (QED) is 0.688. The van der Waals surface area contributed by atoms with Gasteiger partial charge in [-0.1, -0.05) is 0 Å². The van der Waals surface area contributed by atoms with E-state index in [0.717, 1.165) is 11.3 Å². The molecule has 4 nitrogen and oxygen atoms in total. The van der Waals surface area contributed by atoms with Gasteiger partial charge in [0.25, 0.3) is 0 Å². The molecule has 0 fully saturated rings. The van der Waals surface area contributed by atoms with Crippen LogP contribution in [-0.2, 0) is 6.54 Å². The van der Waals surface area contributed by atoms with Crippen molar-refractivity contribution >= 4 is 17.6 Å². The predicted molar refractivity (Wildman–Crippen MR) is 48.8 cm³/mol. The standard InChI is InChI=1S/C8H7N3OS/c12-6-7-9-1-3-11(7)5-8-10-2-4-13-8/h1-4,6H,5H2. The van der Waals surface area contributed by atoms with E-state index in [0.29, 0.717) is 12.4 Å². The molecule has 0 radical (unpaired) electrons. The Bertz CT molecular complexity index is 393. The Morgan fingerprint density at radius 2 is 2.38 bits per heavy atom. The van der Waals surface area contributed by atoms with Gasteiger partial charge in [0.05, 0.1) is 6.54 Å². The molecular weight excluding hydrogens is 186 g/mol. The Kier molecular flexibility index (Phi) is 2.18. The van der Waals surface area contributed by atoms with E-state index in [1.54, 1.807) is 34.5 Å². The van der Waals surface area contributed by atoms with Crippen LogP contribution in [0.5, 0.6) is 0 Å². The summed E-state index contributed by atoms with van der Waals surface area (Å²) in [5, 5.41) is 2.88. The smallest absolute Gasteiger partial charge is 0.185 e. The first-order valence-electron chi connectivity index (χ1n) is 3.75. The molecule has 0 N–H and O–H groups in total. The first-order valence-corrected chi connectivity index (χ1v) is 4.63. The molecule has 0 aliphatic heterocycles. The molecular formula is C8H7N3OS. The second-order valence-corrected chi connectivity index (χ2v) is 3.44. The number of aldehydes is 1. The number of hydrogen-bond acceptors (Lipinski definition) is 4. The molecule has 2 aromatic rings. The van der Waals surface area contributed by atoms with Crippen molar-refractivity contribution in [2.75, 3.05) is 0 Å². The third-order valence-electron chi connectivity index (χ3n) is 1.64. The van der Waals surface area contributed by atoms with Gasteiger partial charge in [-0.3, -0.25) is 4.79 Å². The first kappa shape index (κ1) is 8.12. The van der Waals surface area contributed by atoms with Crippen molar-refractivity contribution in [2.24, 2.45) is 0 Å². The molecule has 0 atom stereocenters. The zero-order valence-corrected chi connectivity index (χ0v) is 7.57. The minimum Gasteiger partial charge on any atom is -0.322 e. The topological polar surface area (TPSA) is 47.8 Å². The molecule has 0 spiro atoms. The van der Waals surface area contributed by atoms with Gasteiger partial charge in [0.15, 0.2) is 12.1 Å². The van der Waals surface area contributed by atoms with E-state index in [2.05, 4.69) is 9.97 Å². The van der Waals surface area contributed by atoms with Crippen molar-refractivity contribution in [1.82, 2.24) is 14.5 Å². The third kappa shape index (κ3) is 1.65. The van der Waals surface area contributed by atoms with Gasteiger partial charge in [0.2, 0.25) is 0 Å². The van der Waals surface area contributed by atoms with Crippen LogP contribution in [0.25, 0.3) is 0 Å². The molecule has 2 aromatic heterocycles. The summed E-state index contributed by atoms with van der Waals surface area (Å²) < 4.78 is 1.77. The van der Waals surface area contributed by atoms with E-state index < -0.39 is 0 Å². The normalized spacial score (nSPS) is 10.2. The number of nitrogens with zero attached hydrogens (tertiary/aromatic N) is 3. The molecule has 0 aliphatic rings. The highest BCUT2D eigenvalue weighted by molar-refractivity contribution is 7.09. The maximum atomic E-state index is 10.5. The van der Waals surface area contributed by atoms with Crippen LogP contribution in [0.2, 0.25) is 0 Å². The lowest BCUT2D eigenvalue weighted by Crippen LogP contribution is -2.02. The summed E-state index contributed by atoms with van der Waals surface area (Å²) in [6.45, 7) is 0.617. The van der Waals surface area contributed by atoms with Crippen molar-refractivity contribution in [3.8, 4) is 0 Å². The van der Waals surface area contributed by atoms with Gasteiger partial charge >= 0.3 is 0 Å². The molecule has 0 aliphatic carbocycles. The molecule has 2 rings (SSSR count). The number of rotatable bonds is 3. The van der Waals surface area contributed by atoms with Gasteiger partial charge in [0, 0.05) is 24.0 Å². The average molecular weight is 193 g/mol. The van der Waals surface area contributed by atoms with Gasteiger partial charge in [-0.25, -0.2) is 9.97 Å². The Balaban J connectivity index is 2.23. The van der Waals surface area contributed by atoms with Crippen LogP contribution in [-0.4, -0.2) is 20.8 Å². The fourth-order valence-electron chi connectivity index (χ4n) is 1.05. The van der Waals surface area contributed by atoms with Crippen LogP contribution in [0.4, 0.5) is 0 Å². The summed E-state index contributed by atoms with van der Waals surface area (Å²) >= 11 is 1.56. The largest absolute Gasteiger partial charge is 0.322 e. The Labute approximate surface area is 78.9 Å². The summed E-state index contributed by atoms with van der Waals surface area (Å²) in [7, 11) is 0. The van der Waals surface area contributed by atoms with Crippen molar-refractivity contribution in [1.29, 1.82) is 0 Å². The van der Waals surface area contributed by atoms with Gasteiger partial charge in [-0.2, -0.15) is 0 Å². The molecule has 0 bridgehead atoms. The summed E-state index contributed by atoms with van der Waals surface area (Å²) in [6.07, 6.45) is 5.87. The summed E-state index contributed by atoms with van der Waals surface area (Å²) in [5.41, 5.74) is 0. The zero-order chi connectivity index (χ0) is 9.10. The van der Waals surface area contributed by atoms with Crippen LogP contribution in [0.15, 0.2) is 24.0 Å². The number of thiazole rings is 1. The van der Waals surface area contributed by atoms with Gasteiger partial charge in [-0.15, -0.1) is 11.3 Å². The van der Waals surface area contributed by atoms with Gasteiger partial charge in [0.1, 0.15) is 5.01 Å². The van der Waals surface area contributed by atoms with E-state index in [1.165, 1.54) is 0 Å². The fourth-order valence-corrected chi connectivity index (χ4v) is 1.66. The first-order chi connectivity index (χ1) is 6.40. The summed E-state index contributed by atoms with van der Waals surface area (Å²) in [6, 6.07) is 0. The van der Waals surface area contributed by atoms with E-state index >= 15 is 0 Å². The summed E-state index contributed by atoms with van der Waals surface area (Å²) in [4.78, 5) is 18.5. The second kappa shape index (κ2) is 3.49. The fraction of sp³-hybridized carbons (Fsp3) is 0.125. The van der Waals surface area contributed by atoms with Crippen LogP contribution in [0.1, 0.15) is 15.6 Å². The minimum atomic E-state index is 0.440. The number of carbonyl (C=O) groups is 1. The molecule has 0 saturated heterocycles. The third-order valence-corrected chi connectivity index (χ3v) is 2.41. The van der Waals surface area contributed by atoms with Crippen LogP contribution >= 0.6 is 11.3 Å². The van der Waals surface area contributed by atoms with Gasteiger partial charge in [-0.05, 0) is 0 Å². The minimum absolute atomic E-state index is 0.440. The van der Waals surface area contributed by atoms with Crippen molar-refractivity contribution in [3.63, 3.8) is 0 Å². The molecule has 0 saturated carbocycles. The SMILES string of the molecule is O=Cc1nccn1Cc1nccs1. The number of carbonyl (C=O) groups excluding carboxylic acids is 1. The van der Waals surface area contributed by atoms with E-state index in [9.17, 15) is 4.79 Å². The van der Waals surface area contributed by atoms with Crippen molar-refractivity contribution < 1.29 is 4.79 Å². The molecule has 0 unspecified atom stereocenters. The highest BCUT2D eigenvalue weighted by atomic mass is 32.1. The molecule has 0 aromatic carbocycles. The van der Waals surface area contributed by atoms with E-state index in [1.807, 2.05) is 5.38 Å². The second-order valence-electron chi connectivity index (χ2n) is 2.46. The van der Waals surface area contributed by atoms with E-state index in [-0.39, 0.29) is 0 Å². The number of aromatic nitrogens is 3. The maximum absolute atomic E-state index is 10.5. The predicted octanol–water partition coefficient (Wildman–Crippen LogP) is 1.20. The molecule has 13 heavy (non-hydrogen) atoms. The highest BCUT2D eigenvalue weighted by Crippen LogP contribution is 2.07. The highest BCUT2D eigenvalue weighted by Gasteiger charge is 2.02. The van der Waals surface area contributed by atoms with Crippen LogP contribution < -0.4 is 0 Å². The zero-order valence-electron chi connectivity index (χ0n) is 6.75. The lowest BCUT2D eigenvalue weighted by Gasteiger charge is -1.99. The number of hydrogen-bond donors (Lipinski definition) is 0. The van der Waals surface area contributed by atoms with Crippen molar-refractivity contribution in [2.45, 2.75) is 6.54 Å². The van der Waals surface area contributed by atoms with Gasteiger partial charge < -0.3 is 4.57 Å². The monoisotopic (exact) mass is 193 g/mol. The van der Waals surface area contributed by atoms with Crippen LogP contribution in [0.3, 0.4) is 0 Å². The average Bonchev–Trinajstić information content (AvgIpc) is 2.76. The Hall–Kier alpha value is -1.49. The Morgan fingerprint density at radius 1 is 1.46 bits per heavy atom. The van der Waals surface area contributed by atoms with Crippen molar-refractivity contribution in [3.05, 3.63) is 34.8 Å². The lowest BCUT2D eigenvalue weighted by atomic mass is 10.6. The molecule has 5 heteroatoms.